The Labute approximate surface area is 150 Å². The van der Waals surface area contributed by atoms with Gasteiger partial charge in [0.05, 0.1) is 18.3 Å². The maximum atomic E-state index is 12.5. The minimum Gasteiger partial charge on any atom is -0.497 e. The lowest BCUT2D eigenvalue weighted by molar-refractivity contribution is -0.920. The summed E-state index contributed by atoms with van der Waals surface area (Å²) >= 11 is 1.70. The fourth-order valence-electron chi connectivity index (χ4n) is 2.64. The van der Waals surface area contributed by atoms with Crippen molar-refractivity contribution in [3.63, 3.8) is 0 Å². The van der Waals surface area contributed by atoms with Gasteiger partial charge in [-0.15, -0.1) is 11.3 Å². The number of hydrogen-bond acceptors (Lipinski definition) is 4. The minimum atomic E-state index is -0.0358. The van der Waals surface area contributed by atoms with Crippen molar-refractivity contribution in [3.8, 4) is 5.75 Å². The van der Waals surface area contributed by atoms with Crippen molar-refractivity contribution in [3.05, 3.63) is 70.8 Å². The topological polar surface area (TPSA) is 55.9 Å². The number of ether oxygens (including phenoxy) is 1. The molecule has 1 atom stereocenters. The molecule has 3 rings (SSSR count). The van der Waals surface area contributed by atoms with Gasteiger partial charge in [0.25, 0.3) is 5.91 Å². The lowest BCUT2D eigenvalue weighted by Crippen LogP contribution is -3.10. The maximum Gasteiger partial charge on any atom is 0.279 e. The first-order valence-electron chi connectivity index (χ1n) is 8.05. The van der Waals surface area contributed by atoms with Crippen LogP contribution < -0.4 is 15.0 Å². The van der Waals surface area contributed by atoms with Crippen molar-refractivity contribution in [2.45, 2.75) is 13.1 Å². The van der Waals surface area contributed by atoms with E-state index in [0.29, 0.717) is 13.1 Å². The molecule has 25 heavy (non-hydrogen) atoms. The number of benzene rings is 1. The zero-order valence-corrected chi connectivity index (χ0v) is 14.8. The first-order chi connectivity index (χ1) is 12.2. The third kappa shape index (κ3) is 5.20. The first-order valence-corrected chi connectivity index (χ1v) is 8.93. The molecule has 1 amide bonds. The fourth-order valence-corrected chi connectivity index (χ4v) is 3.42. The van der Waals surface area contributed by atoms with Gasteiger partial charge in [-0.2, -0.15) is 0 Å². The molecule has 2 aromatic heterocycles. The van der Waals surface area contributed by atoms with E-state index in [1.807, 2.05) is 42.5 Å². The van der Waals surface area contributed by atoms with Crippen molar-refractivity contribution in [1.82, 2.24) is 0 Å². The summed E-state index contributed by atoms with van der Waals surface area (Å²) in [5, 5.41) is 4.99. The summed E-state index contributed by atoms with van der Waals surface area (Å²) in [6.07, 6.45) is 1.66. The number of carbonyl (C=O) groups is 1. The molecule has 1 unspecified atom stereocenters. The summed E-state index contributed by atoms with van der Waals surface area (Å²) in [5.74, 6) is 1.56. The van der Waals surface area contributed by atoms with Crippen LogP contribution in [0.25, 0.3) is 0 Å². The van der Waals surface area contributed by atoms with E-state index in [9.17, 15) is 4.79 Å². The number of anilines is 1. The average Bonchev–Trinajstić information content (AvgIpc) is 3.29. The molecule has 0 aliphatic heterocycles. The van der Waals surface area contributed by atoms with Gasteiger partial charge in [-0.3, -0.25) is 4.79 Å². The molecule has 0 bridgehead atoms. The number of thiophene rings is 1. The van der Waals surface area contributed by atoms with Gasteiger partial charge in [0, 0.05) is 11.8 Å². The molecule has 2 heterocycles. The Bertz CT molecular complexity index is 749. The van der Waals surface area contributed by atoms with Gasteiger partial charge in [-0.25, -0.2) is 0 Å². The second-order valence-electron chi connectivity index (χ2n) is 5.72. The lowest BCUT2D eigenvalue weighted by Gasteiger charge is -2.17. The Balaban J connectivity index is 1.64. The molecular weight excluding hydrogens is 336 g/mol. The fraction of sp³-hybridized carbons (Fsp3) is 0.211. The molecule has 130 valence electrons. The normalized spacial score (nSPS) is 11.9. The van der Waals surface area contributed by atoms with Crippen molar-refractivity contribution in [2.75, 3.05) is 19.0 Å². The van der Waals surface area contributed by atoms with Gasteiger partial charge >= 0.3 is 0 Å². The molecule has 0 fully saturated rings. The largest absolute Gasteiger partial charge is 0.497 e. The minimum absolute atomic E-state index is 0.0358. The van der Waals surface area contributed by atoms with E-state index in [1.54, 1.807) is 24.7 Å². The molecule has 0 saturated carbocycles. The standard InChI is InChI=1S/C19H20N2O3S/c1-23-16-6-2-5-15(11-16)20-19(22)14-21(12-17-7-3-9-24-17)13-18-8-4-10-25-18/h2-11H,12-14H2,1H3,(H,20,22)/p+1. The summed E-state index contributed by atoms with van der Waals surface area (Å²) in [6.45, 7) is 1.80. The highest BCUT2D eigenvalue weighted by atomic mass is 32.1. The van der Waals surface area contributed by atoms with Gasteiger partial charge < -0.3 is 19.4 Å². The Morgan fingerprint density at radius 1 is 1.20 bits per heavy atom. The van der Waals surface area contributed by atoms with Gasteiger partial charge in [0.15, 0.2) is 12.3 Å². The molecule has 1 aromatic carbocycles. The number of methoxy groups -OCH3 is 1. The zero-order valence-electron chi connectivity index (χ0n) is 14.0. The third-order valence-electron chi connectivity index (χ3n) is 3.77. The number of rotatable bonds is 8. The monoisotopic (exact) mass is 357 g/mol. The molecule has 3 aromatic rings. The number of quaternary nitrogens is 1. The summed E-state index contributed by atoms with van der Waals surface area (Å²) in [7, 11) is 1.61. The van der Waals surface area contributed by atoms with Crippen molar-refractivity contribution < 1.29 is 18.8 Å². The summed E-state index contributed by atoms with van der Waals surface area (Å²) < 4.78 is 10.6. The molecule has 0 aliphatic carbocycles. The van der Waals surface area contributed by atoms with Crippen LogP contribution in [0.15, 0.2) is 64.6 Å². The van der Waals surface area contributed by atoms with E-state index in [4.69, 9.17) is 9.15 Å². The summed E-state index contributed by atoms with van der Waals surface area (Å²) in [6, 6.07) is 15.3. The maximum absolute atomic E-state index is 12.5. The SMILES string of the molecule is COc1cccc(NC(=O)C[NH+](Cc2ccco2)Cc2cccs2)c1. The van der Waals surface area contributed by atoms with Gasteiger partial charge in [-0.05, 0) is 35.7 Å². The second kappa shape index (κ2) is 8.50. The average molecular weight is 357 g/mol. The van der Waals surface area contributed by atoms with Crippen LogP contribution in [-0.4, -0.2) is 19.6 Å². The molecule has 5 nitrogen and oxygen atoms in total. The van der Waals surface area contributed by atoms with E-state index >= 15 is 0 Å². The van der Waals surface area contributed by atoms with Crippen LogP contribution in [0.3, 0.4) is 0 Å². The van der Waals surface area contributed by atoms with E-state index in [1.165, 1.54) is 4.88 Å². The first kappa shape index (κ1) is 17.3. The van der Waals surface area contributed by atoms with Crippen LogP contribution in [-0.2, 0) is 17.9 Å². The molecule has 0 aliphatic rings. The Hall–Kier alpha value is -2.57. The molecular formula is C19H21N2O3S+. The van der Waals surface area contributed by atoms with Crippen LogP contribution >= 0.6 is 11.3 Å². The van der Waals surface area contributed by atoms with Crippen molar-refractivity contribution >= 4 is 22.9 Å². The Morgan fingerprint density at radius 2 is 2.12 bits per heavy atom. The highest BCUT2D eigenvalue weighted by molar-refractivity contribution is 7.09. The van der Waals surface area contributed by atoms with E-state index in [2.05, 4.69) is 16.8 Å². The summed E-state index contributed by atoms with van der Waals surface area (Å²) in [5.41, 5.74) is 0.734. The van der Waals surface area contributed by atoms with Crippen LogP contribution in [0.5, 0.6) is 5.75 Å². The van der Waals surface area contributed by atoms with E-state index in [0.717, 1.165) is 28.6 Å². The lowest BCUT2D eigenvalue weighted by atomic mass is 10.3. The number of amides is 1. The van der Waals surface area contributed by atoms with Crippen LogP contribution in [0.2, 0.25) is 0 Å². The Kier molecular flexibility index (Phi) is 5.87. The van der Waals surface area contributed by atoms with Gasteiger partial charge in [0.2, 0.25) is 0 Å². The highest BCUT2D eigenvalue weighted by Crippen LogP contribution is 2.16. The molecule has 0 radical (unpaired) electrons. The molecule has 6 heteroatoms. The predicted molar refractivity (Wildman–Crippen MR) is 97.9 cm³/mol. The molecule has 0 spiro atoms. The van der Waals surface area contributed by atoms with Crippen LogP contribution in [0.1, 0.15) is 10.6 Å². The van der Waals surface area contributed by atoms with E-state index in [-0.39, 0.29) is 5.91 Å². The number of furan rings is 1. The zero-order chi connectivity index (χ0) is 17.5. The van der Waals surface area contributed by atoms with Crippen LogP contribution in [0, 0.1) is 0 Å². The molecule has 0 saturated heterocycles. The van der Waals surface area contributed by atoms with Gasteiger partial charge in [0.1, 0.15) is 18.8 Å². The quantitative estimate of drug-likeness (QED) is 0.651. The van der Waals surface area contributed by atoms with Crippen molar-refractivity contribution in [1.29, 1.82) is 0 Å². The summed E-state index contributed by atoms with van der Waals surface area (Å²) in [4.78, 5) is 14.8. The predicted octanol–water partition coefficient (Wildman–Crippen LogP) is 2.57. The second-order valence-corrected chi connectivity index (χ2v) is 6.75. The van der Waals surface area contributed by atoms with Crippen molar-refractivity contribution in [2.24, 2.45) is 0 Å². The highest BCUT2D eigenvalue weighted by Gasteiger charge is 2.17. The smallest absolute Gasteiger partial charge is 0.279 e. The Morgan fingerprint density at radius 3 is 2.84 bits per heavy atom. The van der Waals surface area contributed by atoms with E-state index < -0.39 is 0 Å². The van der Waals surface area contributed by atoms with Crippen LogP contribution in [0.4, 0.5) is 5.69 Å². The third-order valence-corrected chi connectivity index (χ3v) is 4.65. The molecule has 2 N–H and O–H groups in total. The number of carbonyl (C=O) groups excluding carboxylic acids is 1. The number of nitrogens with one attached hydrogen (secondary N) is 2. The van der Waals surface area contributed by atoms with Gasteiger partial charge in [-0.1, -0.05) is 12.1 Å². The number of hydrogen-bond donors (Lipinski definition) is 2.